The van der Waals surface area contributed by atoms with Gasteiger partial charge in [-0.3, -0.25) is 4.79 Å². The molecule has 2 aromatic rings. The van der Waals surface area contributed by atoms with Crippen molar-refractivity contribution in [2.45, 2.75) is 33.7 Å². The lowest BCUT2D eigenvalue weighted by molar-refractivity contribution is 0.0944. The summed E-state index contributed by atoms with van der Waals surface area (Å²) in [6.45, 7) is 8.84. The van der Waals surface area contributed by atoms with E-state index in [4.69, 9.17) is 5.73 Å². The van der Waals surface area contributed by atoms with E-state index in [-0.39, 0.29) is 17.8 Å². The maximum absolute atomic E-state index is 12.3. The van der Waals surface area contributed by atoms with Gasteiger partial charge in [0.15, 0.2) is 5.13 Å². The Balaban J connectivity index is 2.12. The smallest absolute Gasteiger partial charge is 0.265 e. The Bertz CT molecular complexity index is 647. The van der Waals surface area contributed by atoms with Crippen molar-refractivity contribution in [3.8, 4) is 0 Å². The molecule has 0 aromatic carbocycles. The average Bonchev–Trinajstić information content (AvgIpc) is 2.92. The molecule has 0 radical (unpaired) electrons. The van der Waals surface area contributed by atoms with Crippen LogP contribution >= 0.6 is 22.7 Å². The first-order valence-corrected chi connectivity index (χ1v) is 8.43. The number of aryl methyl sites for hydroxylation is 2. The van der Waals surface area contributed by atoms with E-state index in [1.165, 1.54) is 21.1 Å². The van der Waals surface area contributed by atoms with E-state index in [2.05, 4.69) is 35.5 Å². The molecule has 1 amide bonds. The zero-order valence-corrected chi connectivity index (χ0v) is 14.2. The SMILES string of the molecule is CCNc1nc(N)c(C(=O)NC(C)c2cc(C)sc2C)s1. The van der Waals surface area contributed by atoms with Crippen molar-refractivity contribution in [1.82, 2.24) is 10.3 Å². The van der Waals surface area contributed by atoms with Gasteiger partial charge < -0.3 is 16.4 Å². The Labute approximate surface area is 132 Å². The highest BCUT2D eigenvalue weighted by atomic mass is 32.1. The van der Waals surface area contributed by atoms with E-state index >= 15 is 0 Å². The van der Waals surface area contributed by atoms with Crippen LogP contribution < -0.4 is 16.4 Å². The number of nitrogen functional groups attached to an aromatic ring is 1. The Morgan fingerprint density at radius 2 is 2.14 bits per heavy atom. The molecule has 2 heterocycles. The highest BCUT2D eigenvalue weighted by molar-refractivity contribution is 7.18. The summed E-state index contributed by atoms with van der Waals surface area (Å²) >= 11 is 3.02. The number of amides is 1. The summed E-state index contributed by atoms with van der Waals surface area (Å²) in [4.78, 5) is 19.4. The van der Waals surface area contributed by atoms with Crippen LogP contribution in [0.5, 0.6) is 0 Å². The van der Waals surface area contributed by atoms with Crippen LogP contribution in [0.25, 0.3) is 0 Å². The van der Waals surface area contributed by atoms with E-state index in [1.807, 2.05) is 13.8 Å². The Hall–Kier alpha value is -1.60. The molecule has 0 aliphatic rings. The van der Waals surface area contributed by atoms with Crippen LogP contribution in [0.1, 0.15) is 44.9 Å². The van der Waals surface area contributed by atoms with Gasteiger partial charge in [-0.2, -0.15) is 0 Å². The summed E-state index contributed by atoms with van der Waals surface area (Å²) in [6.07, 6.45) is 0. The third kappa shape index (κ3) is 3.54. The second-order valence-corrected chi connectivity index (χ2v) is 7.29. The number of nitrogens with one attached hydrogen (secondary N) is 2. The van der Waals surface area contributed by atoms with Crippen molar-refractivity contribution in [1.29, 1.82) is 0 Å². The van der Waals surface area contributed by atoms with Gasteiger partial charge in [0.1, 0.15) is 10.7 Å². The van der Waals surface area contributed by atoms with Crippen molar-refractivity contribution in [2.75, 3.05) is 17.6 Å². The molecule has 4 N–H and O–H groups in total. The quantitative estimate of drug-likeness (QED) is 0.788. The van der Waals surface area contributed by atoms with E-state index in [9.17, 15) is 4.79 Å². The maximum atomic E-state index is 12.3. The summed E-state index contributed by atoms with van der Waals surface area (Å²) < 4.78 is 0. The topological polar surface area (TPSA) is 80.0 Å². The summed E-state index contributed by atoms with van der Waals surface area (Å²) in [5, 5.41) is 6.74. The number of hydrogen-bond acceptors (Lipinski definition) is 6. The molecule has 7 heteroatoms. The summed E-state index contributed by atoms with van der Waals surface area (Å²) in [5.74, 6) is 0.101. The normalized spacial score (nSPS) is 12.2. The zero-order valence-electron chi connectivity index (χ0n) is 12.6. The van der Waals surface area contributed by atoms with Gasteiger partial charge in [0.2, 0.25) is 0 Å². The molecule has 0 saturated carbocycles. The minimum absolute atomic E-state index is 0.0495. The fraction of sp³-hybridized carbons (Fsp3) is 0.429. The number of rotatable bonds is 5. The first-order chi connectivity index (χ1) is 9.92. The van der Waals surface area contributed by atoms with Crippen molar-refractivity contribution in [3.05, 3.63) is 26.3 Å². The molecule has 21 heavy (non-hydrogen) atoms. The molecule has 5 nitrogen and oxygen atoms in total. The molecule has 1 unspecified atom stereocenters. The predicted molar refractivity (Wildman–Crippen MR) is 90.4 cm³/mol. The van der Waals surface area contributed by atoms with Gasteiger partial charge in [-0.05, 0) is 39.3 Å². The lowest BCUT2D eigenvalue weighted by Crippen LogP contribution is -2.26. The lowest BCUT2D eigenvalue weighted by atomic mass is 10.1. The molecule has 0 aliphatic carbocycles. The third-order valence-electron chi connectivity index (χ3n) is 3.08. The van der Waals surface area contributed by atoms with Crippen LogP contribution in [0.4, 0.5) is 10.9 Å². The number of thiazole rings is 1. The highest BCUT2D eigenvalue weighted by Crippen LogP contribution is 2.28. The van der Waals surface area contributed by atoms with Gasteiger partial charge >= 0.3 is 0 Å². The van der Waals surface area contributed by atoms with Crippen LogP contribution in [-0.2, 0) is 0 Å². The number of thiophene rings is 1. The van der Waals surface area contributed by atoms with Gasteiger partial charge in [-0.15, -0.1) is 11.3 Å². The standard InChI is InChI=1S/C14H20N4OS2/c1-5-16-14-18-12(15)11(21-14)13(19)17-8(3)10-6-7(2)20-9(10)4/h6,8H,5,15H2,1-4H3,(H,16,18)(H,17,19). The van der Waals surface area contributed by atoms with E-state index in [0.29, 0.717) is 10.0 Å². The zero-order chi connectivity index (χ0) is 15.6. The van der Waals surface area contributed by atoms with Crippen LogP contribution in [0.2, 0.25) is 0 Å². The molecular weight excluding hydrogens is 304 g/mol. The van der Waals surface area contributed by atoms with Crippen molar-refractivity contribution < 1.29 is 4.79 Å². The molecule has 0 fully saturated rings. The van der Waals surface area contributed by atoms with E-state index in [0.717, 1.165) is 12.1 Å². The molecule has 0 bridgehead atoms. The first-order valence-electron chi connectivity index (χ1n) is 6.80. The minimum atomic E-state index is -0.176. The van der Waals surface area contributed by atoms with Crippen LogP contribution in [0.3, 0.4) is 0 Å². The number of hydrogen-bond donors (Lipinski definition) is 3. The highest BCUT2D eigenvalue weighted by Gasteiger charge is 2.19. The average molecular weight is 324 g/mol. The fourth-order valence-corrected chi connectivity index (χ4v) is 4.02. The van der Waals surface area contributed by atoms with E-state index in [1.54, 1.807) is 11.3 Å². The van der Waals surface area contributed by atoms with Gasteiger partial charge in [-0.1, -0.05) is 11.3 Å². The molecule has 0 saturated heterocycles. The Kier molecular flexibility index (Phi) is 4.84. The Morgan fingerprint density at radius 3 is 2.71 bits per heavy atom. The molecule has 1 atom stereocenters. The molecule has 2 aromatic heterocycles. The Morgan fingerprint density at radius 1 is 1.43 bits per heavy atom. The van der Waals surface area contributed by atoms with Crippen LogP contribution in [0, 0.1) is 13.8 Å². The van der Waals surface area contributed by atoms with Gasteiger partial charge in [0, 0.05) is 16.3 Å². The molecule has 0 aliphatic heterocycles. The second-order valence-electron chi connectivity index (χ2n) is 4.83. The van der Waals surface area contributed by atoms with E-state index < -0.39 is 0 Å². The monoisotopic (exact) mass is 324 g/mol. The minimum Gasteiger partial charge on any atom is -0.382 e. The van der Waals surface area contributed by atoms with Crippen molar-refractivity contribution in [2.24, 2.45) is 0 Å². The lowest BCUT2D eigenvalue weighted by Gasteiger charge is -2.13. The molecule has 2 rings (SSSR count). The summed E-state index contributed by atoms with van der Waals surface area (Å²) in [7, 11) is 0. The van der Waals surface area contributed by atoms with Crippen LogP contribution in [0.15, 0.2) is 6.07 Å². The van der Waals surface area contributed by atoms with Crippen molar-refractivity contribution in [3.63, 3.8) is 0 Å². The predicted octanol–water partition coefficient (Wildman–Crippen LogP) is 3.33. The van der Waals surface area contributed by atoms with Crippen molar-refractivity contribution >= 4 is 39.5 Å². The van der Waals surface area contributed by atoms with Gasteiger partial charge in [0.25, 0.3) is 5.91 Å². The number of aromatic nitrogens is 1. The maximum Gasteiger partial charge on any atom is 0.265 e. The second kappa shape index (κ2) is 6.44. The molecule has 114 valence electrons. The molecular formula is C14H20N4OS2. The number of carbonyl (C=O) groups is 1. The summed E-state index contributed by atoms with van der Waals surface area (Å²) in [5.41, 5.74) is 6.98. The number of anilines is 2. The van der Waals surface area contributed by atoms with Crippen LogP contribution in [-0.4, -0.2) is 17.4 Å². The first kappa shape index (κ1) is 15.8. The van der Waals surface area contributed by atoms with Gasteiger partial charge in [-0.25, -0.2) is 4.98 Å². The number of nitrogens with two attached hydrogens (primary N) is 1. The van der Waals surface area contributed by atoms with Gasteiger partial charge in [0.05, 0.1) is 6.04 Å². The third-order valence-corrected chi connectivity index (χ3v) is 5.09. The summed E-state index contributed by atoms with van der Waals surface area (Å²) in [6, 6.07) is 2.07. The number of nitrogens with zero attached hydrogens (tertiary/aromatic N) is 1. The number of carbonyl (C=O) groups excluding carboxylic acids is 1. The molecule has 0 spiro atoms. The largest absolute Gasteiger partial charge is 0.382 e. The fourth-order valence-electron chi connectivity index (χ4n) is 2.14.